The van der Waals surface area contributed by atoms with Crippen molar-refractivity contribution in [1.29, 1.82) is 0 Å². The molecule has 2 rings (SSSR count). The Morgan fingerprint density at radius 2 is 2.00 bits per heavy atom. The Hall–Kier alpha value is -1.65. The van der Waals surface area contributed by atoms with Crippen LogP contribution in [0.25, 0.3) is 10.8 Å². The lowest BCUT2D eigenvalue weighted by molar-refractivity contribution is 0.196. The molecule has 1 aromatic heterocycles. The van der Waals surface area contributed by atoms with Crippen molar-refractivity contribution >= 4 is 16.6 Å². The molecule has 0 bridgehead atoms. The van der Waals surface area contributed by atoms with Crippen LogP contribution in [0.5, 0.6) is 0 Å². The molecule has 19 heavy (non-hydrogen) atoms. The summed E-state index contributed by atoms with van der Waals surface area (Å²) >= 11 is 0. The molecule has 2 N–H and O–H groups in total. The van der Waals surface area contributed by atoms with Gasteiger partial charge in [-0.1, -0.05) is 24.3 Å². The molecule has 0 amide bonds. The molecule has 0 aliphatic rings. The van der Waals surface area contributed by atoms with E-state index in [1.54, 1.807) is 7.11 Å². The van der Waals surface area contributed by atoms with Gasteiger partial charge in [0.1, 0.15) is 5.82 Å². The van der Waals surface area contributed by atoms with E-state index in [2.05, 4.69) is 29.1 Å². The molecule has 0 saturated carbocycles. The minimum atomic E-state index is 0.515. The highest BCUT2D eigenvalue weighted by Gasteiger charge is 2.09. The highest BCUT2D eigenvalue weighted by atomic mass is 16.5. The van der Waals surface area contributed by atoms with Crippen LogP contribution in [0.4, 0.5) is 5.82 Å². The van der Waals surface area contributed by atoms with Crippen LogP contribution < -0.4 is 10.6 Å². The van der Waals surface area contributed by atoms with E-state index >= 15 is 0 Å². The van der Waals surface area contributed by atoms with E-state index in [1.165, 1.54) is 5.39 Å². The maximum Gasteiger partial charge on any atom is 0.136 e. The summed E-state index contributed by atoms with van der Waals surface area (Å²) in [6.45, 7) is 2.21. The van der Waals surface area contributed by atoms with Gasteiger partial charge in [0.2, 0.25) is 0 Å². The van der Waals surface area contributed by atoms with Crippen molar-refractivity contribution < 1.29 is 4.74 Å². The number of hydrogen-bond donors (Lipinski definition) is 1. The Balaban J connectivity index is 2.33. The SMILES string of the molecule is COCCCN(C)c1ncc(CN)c2ccccc12. The molecule has 0 spiro atoms. The van der Waals surface area contributed by atoms with Gasteiger partial charge in [0.25, 0.3) is 0 Å². The van der Waals surface area contributed by atoms with E-state index < -0.39 is 0 Å². The monoisotopic (exact) mass is 259 g/mol. The molecule has 0 aliphatic carbocycles. The van der Waals surface area contributed by atoms with Crippen molar-refractivity contribution in [2.24, 2.45) is 5.73 Å². The molecule has 4 nitrogen and oxygen atoms in total. The second kappa shape index (κ2) is 6.50. The fourth-order valence-corrected chi connectivity index (χ4v) is 2.26. The first kappa shape index (κ1) is 13.8. The minimum absolute atomic E-state index is 0.515. The standard InChI is InChI=1S/C15H21N3O/c1-18(8-5-9-19-2)15-14-7-4-3-6-13(14)12(10-16)11-17-15/h3-4,6-7,11H,5,8-10,16H2,1-2H3. The molecular formula is C15H21N3O. The molecule has 0 aliphatic heterocycles. The lowest BCUT2D eigenvalue weighted by Crippen LogP contribution is -2.21. The summed E-state index contributed by atoms with van der Waals surface area (Å²) in [4.78, 5) is 6.73. The maximum absolute atomic E-state index is 5.77. The van der Waals surface area contributed by atoms with Crippen LogP contribution in [0.3, 0.4) is 0 Å². The molecule has 0 atom stereocenters. The van der Waals surface area contributed by atoms with Crippen molar-refractivity contribution in [3.8, 4) is 0 Å². The van der Waals surface area contributed by atoms with Gasteiger partial charge in [0.15, 0.2) is 0 Å². The molecule has 2 aromatic rings. The molecule has 4 heteroatoms. The summed E-state index contributed by atoms with van der Waals surface area (Å²) in [6.07, 6.45) is 2.87. The number of pyridine rings is 1. The van der Waals surface area contributed by atoms with Crippen LogP contribution in [0.1, 0.15) is 12.0 Å². The van der Waals surface area contributed by atoms with Gasteiger partial charge >= 0.3 is 0 Å². The second-order valence-corrected chi connectivity index (χ2v) is 4.62. The average molecular weight is 259 g/mol. The first-order valence-corrected chi connectivity index (χ1v) is 6.54. The highest BCUT2D eigenvalue weighted by Crippen LogP contribution is 2.26. The summed E-state index contributed by atoms with van der Waals surface area (Å²) in [7, 11) is 3.79. The van der Waals surface area contributed by atoms with Gasteiger partial charge < -0.3 is 15.4 Å². The fourth-order valence-electron chi connectivity index (χ4n) is 2.26. The lowest BCUT2D eigenvalue weighted by Gasteiger charge is -2.20. The third-order valence-corrected chi connectivity index (χ3v) is 3.28. The van der Waals surface area contributed by atoms with Crippen LogP contribution in [0, 0.1) is 0 Å². The van der Waals surface area contributed by atoms with Crippen molar-refractivity contribution in [2.75, 3.05) is 32.2 Å². The Labute approximate surface area is 114 Å². The molecule has 0 radical (unpaired) electrons. The van der Waals surface area contributed by atoms with E-state index in [4.69, 9.17) is 10.5 Å². The van der Waals surface area contributed by atoms with Gasteiger partial charge in [-0.3, -0.25) is 0 Å². The molecule has 102 valence electrons. The maximum atomic E-state index is 5.77. The topological polar surface area (TPSA) is 51.4 Å². The number of methoxy groups -OCH3 is 1. The van der Waals surface area contributed by atoms with Crippen LogP contribution in [-0.4, -0.2) is 32.3 Å². The van der Waals surface area contributed by atoms with Gasteiger partial charge in [-0.25, -0.2) is 4.98 Å². The van der Waals surface area contributed by atoms with Crippen molar-refractivity contribution in [3.63, 3.8) is 0 Å². The van der Waals surface area contributed by atoms with E-state index in [0.29, 0.717) is 6.54 Å². The smallest absolute Gasteiger partial charge is 0.136 e. The Morgan fingerprint density at radius 3 is 2.68 bits per heavy atom. The number of hydrogen-bond acceptors (Lipinski definition) is 4. The van der Waals surface area contributed by atoms with E-state index in [0.717, 1.165) is 36.3 Å². The number of anilines is 1. The molecule has 0 fully saturated rings. The minimum Gasteiger partial charge on any atom is -0.385 e. The Morgan fingerprint density at radius 1 is 1.26 bits per heavy atom. The van der Waals surface area contributed by atoms with Crippen molar-refractivity contribution in [3.05, 3.63) is 36.0 Å². The molecule has 0 unspecified atom stereocenters. The van der Waals surface area contributed by atoms with Crippen LogP contribution in [-0.2, 0) is 11.3 Å². The van der Waals surface area contributed by atoms with Gasteiger partial charge in [-0.05, 0) is 17.4 Å². The quantitative estimate of drug-likeness (QED) is 0.808. The zero-order valence-electron chi connectivity index (χ0n) is 11.6. The third-order valence-electron chi connectivity index (χ3n) is 3.28. The van der Waals surface area contributed by atoms with Gasteiger partial charge in [0, 0.05) is 45.4 Å². The summed E-state index contributed by atoms with van der Waals surface area (Å²) in [5, 5.41) is 2.35. The highest BCUT2D eigenvalue weighted by molar-refractivity contribution is 5.94. The number of nitrogens with two attached hydrogens (primary N) is 1. The molecule has 0 saturated heterocycles. The number of nitrogens with zero attached hydrogens (tertiary/aromatic N) is 2. The van der Waals surface area contributed by atoms with Crippen molar-refractivity contribution in [2.45, 2.75) is 13.0 Å². The summed E-state index contributed by atoms with van der Waals surface area (Å²) in [5.41, 5.74) is 6.86. The number of ether oxygens (including phenoxy) is 1. The summed E-state index contributed by atoms with van der Waals surface area (Å²) < 4.78 is 5.09. The number of benzene rings is 1. The van der Waals surface area contributed by atoms with E-state index in [1.807, 2.05) is 18.3 Å². The molecule has 1 heterocycles. The second-order valence-electron chi connectivity index (χ2n) is 4.62. The fraction of sp³-hybridized carbons (Fsp3) is 0.400. The normalized spacial score (nSPS) is 10.9. The summed E-state index contributed by atoms with van der Waals surface area (Å²) in [6, 6.07) is 8.28. The largest absolute Gasteiger partial charge is 0.385 e. The van der Waals surface area contributed by atoms with Gasteiger partial charge in [-0.15, -0.1) is 0 Å². The van der Waals surface area contributed by atoms with Gasteiger partial charge in [-0.2, -0.15) is 0 Å². The summed E-state index contributed by atoms with van der Waals surface area (Å²) in [5.74, 6) is 1.00. The molecule has 1 aromatic carbocycles. The van der Waals surface area contributed by atoms with Crippen LogP contribution >= 0.6 is 0 Å². The Kier molecular flexibility index (Phi) is 4.71. The third kappa shape index (κ3) is 3.03. The first-order chi connectivity index (χ1) is 9.27. The zero-order valence-corrected chi connectivity index (χ0v) is 11.6. The number of rotatable bonds is 6. The lowest BCUT2D eigenvalue weighted by atomic mass is 10.1. The predicted molar refractivity (Wildman–Crippen MR) is 79.4 cm³/mol. The first-order valence-electron chi connectivity index (χ1n) is 6.54. The van der Waals surface area contributed by atoms with Crippen molar-refractivity contribution in [1.82, 2.24) is 4.98 Å². The predicted octanol–water partition coefficient (Wildman–Crippen LogP) is 2.17. The average Bonchev–Trinajstić information content (AvgIpc) is 2.46. The van der Waals surface area contributed by atoms with E-state index in [9.17, 15) is 0 Å². The molecular weight excluding hydrogens is 238 g/mol. The van der Waals surface area contributed by atoms with Gasteiger partial charge in [0.05, 0.1) is 0 Å². The number of fused-ring (bicyclic) bond motifs is 1. The van der Waals surface area contributed by atoms with E-state index in [-0.39, 0.29) is 0 Å². The zero-order chi connectivity index (χ0) is 13.7. The number of aromatic nitrogens is 1. The van der Waals surface area contributed by atoms with Crippen LogP contribution in [0.15, 0.2) is 30.5 Å². The van der Waals surface area contributed by atoms with Crippen LogP contribution in [0.2, 0.25) is 0 Å². The Bertz CT molecular complexity index is 542.